The molecule has 1 aliphatic rings. The SMILES string of the molecule is C=CCN(c1cccc(C(F)(F)F)c1)S(=O)(=O)c1cccc(C(=O)N2CCCCC2)c1. The summed E-state index contributed by atoms with van der Waals surface area (Å²) in [6.07, 6.45) is -0.481. The van der Waals surface area contributed by atoms with Crippen LogP contribution in [0.5, 0.6) is 0 Å². The minimum absolute atomic E-state index is 0.137. The van der Waals surface area contributed by atoms with E-state index in [1.807, 2.05) is 0 Å². The van der Waals surface area contributed by atoms with Crippen LogP contribution in [0.15, 0.2) is 66.1 Å². The Bertz CT molecular complexity index is 1060. The van der Waals surface area contributed by atoms with Gasteiger partial charge in [-0.3, -0.25) is 9.10 Å². The highest BCUT2D eigenvalue weighted by molar-refractivity contribution is 7.92. The van der Waals surface area contributed by atoms with Gasteiger partial charge in [0.25, 0.3) is 15.9 Å². The summed E-state index contributed by atoms with van der Waals surface area (Å²) in [5, 5.41) is 0. The van der Waals surface area contributed by atoms with Crippen LogP contribution in [-0.2, 0) is 16.2 Å². The molecule has 0 radical (unpaired) electrons. The normalized spacial score (nSPS) is 14.9. The zero-order chi connectivity index (χ0) is 22.6. The van der Waals surface area contributed by atoms with Gasteiger partial charge >= 0.3 is 6.18 Å². The van der Waals surface area contributed by atoms with Gasteiger partial charge < -0.3 is 4.90 Å². The molecule has 1 fully saturated rings. The zero-order valence-electron chi connectivity index (χ0n) is 16.8. The monoisotopic (exact) mass is 452 g/mol. The molecule has 0 saturated carbocycles. The Hall–Kier alpha value is -2.81. The number of piperidine rings is 1. The average molecular weight is 452 g/mol. The number of halogens is 3. The smallest absolute Gasteiger partial charge is 0.339 e. The highest BCUT2D eigenvalue weighted by atomic mass is 32.2. The van der Waals surface area contributed by atoms with E-state index in [1.54, 1.807) is 4.90 Å². The topological polar surface area (TPSA) is 57.7 Å². The number of anilines is 1. The largest absolute Gasteiger partial charge is 0.416 e. The summed E-state index contributed by atoms with van der Waals surface area (Å²) in [5.74, 6) is -0.258. The molecule has 1 amide bonds. The lowest BCUT2D eigenvalue weighted by Gasteiger charge is -2.27. The molecular formula is C22H23F3N2O3S. The van der Waals surface area contributed by atoms with E-state index < -0.39 is 21.8 Å². The molecule has 3 rings (SSSR count). The van der Waals surface area contributed by atoms with E-state index in [0.29, 0.717) is 13.1 Å². The predicted octanol–water partition coefficient (Wildman–Crippen LogP) is 4.71. The Morgan fingerprint density at radius 3 is 2.39 bits per heavy atom. The summed E-state index contributed by atoms with van der Waals surface area (Å²) in [6.45, 7) is 4.52. The van der Waals surface area contributed by atoms with Crippen LogP contribution in [-0.4, -0.2) is 38.9 Å². The van der Waals surface area contributed by atoms with Crippen molar-refractivity contribution in [2.45, 2.75) is 30.3 Å². The van der Waals surface area contributed by atoms with Crippen molar-refractivity contribution in [3.63, 3.8) is 0 Å². The predicted molar refractivity (Wildman–Crippen MR) is 112 cm³/mol. The number of nitrogens with zero attached hydrogens (tertiary/aromatic N) is 2. The van der Waals surface area contributed by atoms with Crippen molar-refractivity contribution in [2.24, 2.45) is 0 Å². The standard InChI is InChI=1S/C22H23F3N2O3S/c1-2-12-27(19-10-7-9-18(16-19)22(23,24)25)31(29,30)20-11-6-8-17(15-20)21(28)26-13-4-3-5-14-26/h2,6-11,15-16H,1,3-5,12-14H2. The number of benzene rings is 2. The first-order valence-electron chi connectivity index (χ1n) is 9.85. The third-order valence-electron chi connectivity index (χ3n) is 5.07. The molecular weight excluding hydrogens is 429 g/mol. The summed E-state index contributed by atoms with van der Waals surface area (Å²) in [5.41, 5.74) is -0.864. The summed E-state index contributed by atoms with van der Waals surface area (Å²) >= 11 is 0. The first kappa shape index (κ1) is 22.9. The molecule has 0 spiro atoms. The second kappa shape index (κ2) is 9.13. The number of amides is 1. The lowest BCUT2D eigenvalue weighted by atomic mass is 10.1. The summed E-state index contributed by atoms with van der Waals surface area (Å²) in [4.78, 5) is 14.3. The van der Waals surface area contributed by atoms with E-state index in [2.05, 4.69) is 6.58 Å². The van der Waals surface area contributed by atoms with E-state index in [-0.39, 0.29) is 28.6 Å². The molecule has 1 heterocycles. The Labute approximate surface area is 179 Å². The zero-order valence-corrected chi connectivity index (χ0v) is 17.6. The number of likely N-dealkylation sites (tertiary alicyclic amines) is 1. The Morgan fingerprint density at radius 2 is 1.74 bits per heavy atom. The van der Waals surface area contributed by atoms with Crippen LogP contribution in [0.3, 0.4) is 0 Å². The molecule has 0 unspecified atom stereocenters. The third kappa shape index (κ3) is 5.10. The van der Waals surface area contributed by atoms with Gasteiger partial charge in [0.2, 0.25) is 0 Å². The fourth-order valence-electron chi connectivity index (χ4n) is 3.49. The molecule has 2 aromatic carbocycles. The molecule has 5 nitrogen and oxygen atoms in total. The van der Waals surface area contributed by atoms with Crippen LogP contribution in [0.1, 0.15) is 35.2 Å². The molecule has 0 aromatic heterocycles. The van der Waals surface area contributed by atoms with Crippen molar-refractivity contribution in [2.75, 3.05) is 23.9 Å². The minimum atomic E-state index is -4.61. The van der Waals surface area contributed by atoms with E-state index >= 15 is 0 Å². The molecule has 166 valence electrons. The highest BCUT2D eigenvalue weighted by Gasteiger charge is 2.32. The van der Waals surface area contributed by atoms with Crippen LogP contribution in [0.25, 0.3) is 0 Å². The van der Waals surface area contributed by atoms with Gasteiger partial charge in [0.05, 0.1) is 22.7 Å². The molecule has 0 N–H and O–H groups in total. The van der Waals surface area contributed by atoms with Crippen LogP contribution in [0, 0.1) is 0 Å². The molecule has 9 heteroatoms. The van der Waals surface area contributed by atoms with Gasteiger partial charge in [-0.25, -0.2) is 8.42 Å². The number of hydrogen-bond acceptors (Lipinski definition) is 3. The second-order valence-electron chi connectivity index (χ2n) is 7.25. The van der Waals surface area contributed by atoms with Gasteiger partial charge in [0.15, 0.2) is 0 Å². The van der Waals surface area contributed by atoms with Gasteiger partial charge in [0.1, 0.15) is 0 Å². The summed E-state index contributed by atoms with van der Waals surface area (Å²) in [7, 11) is -4.24. The average Bonchev–Trinajstić information content (AvgIpc) is 2.77. The van der Waals surface area contributed by atoms with Crippen molar-refractivity contribution < 1.29 is 26.4 Å². The maximum atomic E-state index is 13.3. The number of hydrogen-bond donors (Lipinski definition) is 0. The molecule has 0 aliphatic carbocycles. The molecule has 1 saturated heterocycles. The fraction of sp³-hybridized carbons (Fsp3) is 0.318. The van der Waals surface area contributed by atoms with Crippen LogP contribution >= 0.6 is 0 Å². The maximum Gasteiger partial charge on any atom is 0.416 e. The Kier molecular flexibility index (Phi) is 6.74. The number of rotatable bonds is 6. The summed E-state index contributed by atoms with van der Waals surface area (Å²) < 4.78 is 66.8. The van der Waals surface area contributed by atoms with Gasteiger partial charge in [0, 0.05) is 18.7 Å². The van der Waals surface area contributed by atoms with Crippen molar-refractivity contribution in [3.05, 3.63) is 72.3 Å². The molecule has 2 aromatic rings. The van der Waals surface area contributed by atoms with E-state index in [9.17, 15) is 26.4 Å². The quantitative estimate of drug-likeness (QED) is 0.597. The molecule has 31 heavy (non-hydrogen) atoms. The number of carbonyl (C=O) groups excluding carboxylic acids is 1. The Morgan fingerprint density at radius 1 is 1.06 bits per heavy atom. The second-order valence-corrected chi connectivity index (χ2v) is 9.12. The lowest BCUT2D eigenvalue weighted by Crippen LogP contribution is -2.36. The van der Waals surface area contributed by atoms with E-state index in [1.165, 1.54) is 36.4 Å². The maximum absolute atomic E-state index is 13.3. The van der Waals surface area contributed by atoms with E-state index in [0.717, 1.165) is 41.8 Å². The minimum Gasteiger partial charge on any atom is -0.339 e. The Balaban J connectivity index is 1.98. The fourth-order valence-corrected chi connectivity index (χ4v) is 4.97. The van der Waals surface area contributed by atoms with Crippen LogP contribution in [0.4, 0.5) is 18.9 Å². The lowest BCUT2D eigenvalue weighted by molar-refractivity contribution is -0.137. The van der Waals surface area contributed by atoms with Gasteiger partial charge in [-0.05, 0) is 55.7 Å². The molecule has 0 atom stereocenters. The molecule has 0 bridgehead atoms. The van der Waals surface area contributed by atoms with Crippen LogP contribution < -0.4 is 4.31 Å². The van der Waals surface area contributed by atoms with Crippen molar-refractivity contribution in [1.82, 2.24) is 4.90 Å². The van der Waals surface area contributed by atoms with Crippen LogP contribution in [0.2, 0.25) is 0 Å². The molecule has 1 aliphatic heterocycles. The first-order chi connectivity index (χ1) is 14.6. The third-order valence-corrected chi connectivity index (χ3v) is 6.86. The number of sulfonamides is 1. The van der Waals surface area contributed by atoms with Gasteiger partial charge in [-0.15, -0.1) is 6.58 Å². The highest BCUT2D eigenvalue weighted by Crippen LogP contribution is 2.33. The van der Waals surface area contributed by atoms with Gasteiger partial charge in [-0.2, -0.15) is 13.2 Å². The van der Waals surface area contributed by atoms with Crippen molar-refractivity contribution in [3.8, 4) is 0 Å². The van der Waals surface area contributed by atoms with Gasteiger partial charge in [-0.1, -0.05) is 18.2 Å². The summed E-state index contributed by atoms with van der Waals surface area (Å²) in [6, 6.07) is 9.70. The first-order valence-corrected chi connectivity index (χ1v) is 11.3. The number of carbonyl (C=O) groups is 1. The van der Waals surface area contributed by atoms with Crippen molar-refractivity contribution in [1.29, 1.82) is 0 Å². The number of alkyl halides is 3. The van der Waals surface area contributed by atoms with E-state index in [4.69, 9.17) is 0 Å². The van der Waals surface area contributed by atoms with Crippen molar-refractivity contribution >= 4 is 21.6 Å².